The molecule has 0 saturated heterocycles. The summed E-state index contributed by atoms with van der Waals surface area (Å²) < 4.78 is 40.7. The number of nitrogens with one attached hydrogen (secondary N) is 2. The molecule has 0 atom stereocenters. The number of rotatable bonds is 9. The fraction of sp³-hybridized carbons (Fsp3) is 0.0741. The van der Waals surface area contributed by atoms with Crippen LogP contribution < -0.4 is 19.5 Å². The summed E-state index contributed by atoms with van der Waals surface area (Å²) in [6, 6.07) is 26.4. The highest BCUT2D eigenvalue weighted by molar-refractivity contribution is 7.92. The third-order valence-corrected chi connectivity index (χ3v) is 6.60. The topological polar surface area (TPSA) is 93.7 Å². The second-order valence-corrected chi connectivity index (χ2v) is 9.69. The van der Waals surface area contributed by atoms with E-state index in [2.05, 4.69) is 10.0 Å². The molecule has 0 saturated carbocycles. The summed E-state index contributed by atoms with van der Waals surface area (Å²) in [4.78, 5) is 12.6. The molecule has 184 valence electrons. The summed E-state index contributed by atoms with van der Waals surface area (Å²) in [7, 11) is -4.09. The van der Waals surface area contributed by atoms with Crippen LogP contribution in [0, 0.1) is 0 Å². The fourth-order valence-electron chi connectivity index (χ4n) is 3.33. The van der Waals surface area contributed by atoms with E-state index in [1.165, 1.54) is 24.3 Å². The van der Waals surface area contributed by atoms with E-state index in [4.69, 9.17) is 21.1 Å². The van der Waals surface area contributed by atoms with E-state index in [-0.39, 0.29) is 22.0 Å². The molecule has 7 nitrogen and oxygen atoms in total. The minimum absolute atomic E-state index is 0.0834. The van der Waals surface area contributed by atoms with E-state index in [1.54, 1.807) is 73.7 Å². The maximum Gasteiger partial charge on any atom is 0.262 e. The zero-order chi connectivity index (χ0) is 25.5. The highest BCUT2D eigenvalue weighted by Crippen LogP contribution is 2.35. The number of carbonyl (C=O) groups excluding carboxylic acids is 1. The number of hydrogen-bond donors (Lipinski definition) is 2. The van der Waals surface area contributed by atoms with Crippen molar-refractivity contribution in [2.75, 3.05) is 16.6 Å². The van der Waals surface area contributed by atoms with Gasteiger partial charge in [0.1, 0.15) is 11.5 Å². The molecule has 0 aliphatic rings. The number of amides is 1. The molecule has 0 heterocycles. The van der Waals surface area contributed by atoms with Crippen LogP contribution in [-0.4, -0.2) is 20.9 Å². The largest absolute Gasteiger partial charge is 0.492 e. The summed E-state index contributed by atoms with van der Waals surface area (Å²) in [5.74, 6) is 0.758. The van der Waals surface area contributed by atoms with E-state index in [9.17, 15) is 13.2 Å². The van der Waals surface area contributed by atoms with Crippen molar-refractivity contribution < 1.29 is 22.7 Å². The first-order valence-electron chi connectivity index (χ1n) is 11.0. The number of hydrogen-bond acceptors (Lipinski definition) is 5. The lowest BCUT2D eigenvalue weighted by Gasteiger charge is -2.16. The van der Waals surface area contributed by atoms with Gasteiger partial charge in [-0.15, -0.1) is 0 Å². The number of sulfonamides is 1. The highest BCUT2D eigenvalue weighted by Gasteiger charge is 2.21. The van der Waals surface area contributed by atoms with Crippen LogP contribution in [0.5, 0.6) is 17.2 Å². The van der Waals surface area contributed by atoms with Gasteiger partial charge in [-0.3, -0.25) is 9.52 Å². The zero-order valence-electron chi connectivity index (χ0n) is 19.3. The number of benzene rings is 4. The molecule has 2 N–H and O–H groups in total. The summed E-state index contributed by atoms with van der Waals surface area (Å²) >= 11 is 6.14. The molecule has 0 aromatic heterocycles. The van der Waals surface area contributed by atoms with Gasteiger partial charge in [-0.05, 0) is 67.6 Å². The molecule has 0 spiro atoms. The predicted molar refractivity (Wildman–Crippen MR) is 141 cm³/mol. The van der Waals surface area contributed by atoms with E-state index < -0.39 is 15.9 Å². The molecular weight excluding hydrogens is 500 g/mol. The molecule has 4 aromatic carbocycles. The summed E-state index contributed by atoms with van der Waals surface area (Å²) in [6.07, 6.45) is 0. The lowest BCUT2D eigenvalue weighted by Crippen LogP contribution is -2.16. The molecule has 0 bridgehead atoms. The van der Waals surface area contributed by atoms with E-state index >= 15 is 0 Å². The molecule has 1 amide bonds. The van der Waals surface area contributed by atoms with Crippen molar-refractivity contribution in [3.8, 4) is 17.2 Å². The monoisotopic (exact) mass is 522 g/mol. The summed E-state index contributed by atoms with van der Waals surface area (Å²) in [5, 5.41) is 3.07. The molecule has 0 aliphatic heterocycles. The first-order chi connectivity index (χ1) is 17.4. The molecule has 4 rings (SSSR count). The van der Waals surface area contributed by atoms with Gasteiger partial charge in [-0.2, -0.15) is 0 Å². The standard InChI is InChI=1S/C27H23ClN2O5S/c1-2-34-25-16-14-22(18-23(25)29-27(31)19-9-5-3-6-10-19)36(32,33)30-24-17-20(28)13-15-26(24)35-21-11-7-4-8-12-21/h3-18,30H,2H2,1H3,(H,29,31). The van der Waals surface area contributed by atoms with Gasteiger partial charge in [0.05, 0.1) is 22.9 Å². The Labute approximate surface area is 214 Å². The van der Waals surface area contributed by atoms with Crippen LogP contribution in [-0.2, 0) is 10.0 Å². The van der Waals surface area contributed by atoms with Crippen LogP contribution in [0.15, 0.2) is 102 Å². The van der Waals surface area contributed by atoms with Crippen LogP contribution in [0.25, 0.3) is 0 Å². The van der Waals surface area contributed by atoms with Crippen molar-refractivity contribution >= 4 is 38.9 Å². The van der Waals surface area contributed by atoms with Crippen LogP contribution >= 0.6 is 11.6 Å². The van der Waals surface area contributed by atoms with E-state index in [0.717, 1.165) is 0 Å². The van der Waals surface area contributed by atoms with Crippen LogP contribution in [0.4, 0.5) is 11.4 Å². The van der Waals surface area contributed by atoms with Crippen LogP contribution in [0.2, 0.25) is 5.02 Å². The number of carbonyl (C=O) groups is 1. The minimum atomic E-state index is -4.09. The van der Waals surface area contributed by atoms with Crippen molar-refractivity contribution in [1.82, 2.24) is 0 Å². The Hall–Kier alpha value is -4.01. The second kappa shape index (κ2) is 11.2. The van der Waals surface area contributed by atoms with Gasteiger partial charge in [0, 0.05) is 10.6 Å². The average molecular weight is 523 g/mol. The molecule has 0 aliphatic carbocycles. The smallest absolute Gasteiger partial charge is 0.262 e. The van der Waals surface area contributed by atoms with Gasteiger partial charge in [0.15, 0.2) is 5.75 Å². The van der Waals surface area contributed by atoms with Gasteiger partial charge >= 0.3 is 0 Å². The number of halogens is 1. The average Bonchev–Trinajstić information content (AvgIpc) is 2.87. The Bertz CT molecular complexity index is 1460. The SMILES string of the molecule is CCOc1ccc(S(=O)(=O)Nc2cc(Cl)ccc2Oc2ccccc2)cc1NC(=O)c1ccccc1. The van der Waals surface area contributed by atoms with Crippen molar-refractivity contribution in [2.45, 2.75) is 11.8 Å². The highest BCUT2D eigenvalue weighted by atomic mass is 35.5. The molecule has 4 aromatic rings. The maximum atomic E-state index is 13.3. The number of para-hydroxylation sites is 1. The van der Waals surface area contributed by atoms with E-state index in [1.807, 2.05) is 6.07 Å². The Balaban J connectivity index is 1.65. The van der Waals surface area contributed by atoms with Gasteiger partial charge in [0.2, 0.25) is 0 Å². The van der Waals surface area contributed by atoms with Crippen molar-refractivity contribution in [3.05, 3.63) is 108 Å². The number of anilines is 2. The molecule has 36 heavy (non-hydrogen) atoms. The third-order valence-electron chi connectivity index (χ3n) is 5.00. The van der Waals surface area contributed by atoms with Crippen molar-refractivity contribution in [2.24, 2.45) is 0 Å². The summed E-state index contributed by atoms with van der Waals surface area (Å²) in [6.45, 7) is 2.13. The lowest BCUT2D eigenvalue weighted by atomic mass is 10.2. The molecule has 9 heteroatoms. The first-order valence-corrected chi connectivity index (χ1v) is 12.9. The Kier molecular flexibility index (Phi) is 7.77. The molecule has 0 radical (unpaired) electrons. The minimum Gasteiger partial charge on any atom is -0.492 e. The molecule has 0 fully saturated rings. The van der Waals surface area contributed by atoms with Gasteiger partial charge < -0.3 is 14.8 Å². The van der Waals surface area contributed by atoms with E-state index in [0.29, 0.717) is 28.7 Å². The van der Waals surface area contributed by atoms with Crippen LogP contribution in [0.3, 0.4) is 0 Å². The van der Waals surface area contributed by atoms with Gasteiger partial charge in [0.25, 0.3) is 15.9 Å². The molecular formula is C27H23ClN2O5S. The van der Waals surface area contributed by atoms with Crippen molar-refractivity contribution in [1.29, 1.82) is 0 Å². The Morgan fingerprint density at radius 1 is 0.833 bits per heavy atom. The zero-order valence-corrected chi connectivity index (χ0v) is 20.8. The second-order valence-electron chi connectivity index (χ2n) is 7.57. The quantitative estimate of drug-likeness (QED) is 0.259. The predicted octanol–water partition coefficient (Wildman–Crippen LogP) is 6.58. The van der Waals surface area contributed by atoms with Gasteiger partial charge in [-0.1, -0.05) is 48.0 Å². The Morgan fingerprint density at radius 2 is 1.50 bits per heavy atom. The normalized spacial score (nSPS) is 10.9. The third kappa shape index (κ3) is 6.16. The summed E-state index contributed by atoms with van der Waals surface area (Å²) in [5.41, 5.74) is 0.809. The maximum absolute atomic E-state index is 13.3. The lowest BCUT2D eigenvalue weighted by molar-refractivity contribution is 0.102. The first kappa shape index (κ1) is 25.1. The van der Waals surface area contributed by atoms with Crippen molar-refractivity contribution in [3.63, 3.8) is 0 Å². The van der Waals surface area contributed by atoms with Crippen LogP contribution in [0.1, 0.15) is 17.3 Å². The Morgan fingerprint density at radius 3 is 2.19 bits per heavy atom. The van der Waals surface area contributed by atoms with Gasteiger partial charge in [-0.25, -0.2) is 8.42 Å². The number of ether oxygens (including phenoxy) is 2. The fourth-order valence-corrected chi connectivity index (χ4v) is 4.59. The molecule has 0 unspecified atom stereocenters.